The molecule has 0 bridgehead atoms. The molecule has 2 aliphatic heterocycles. The van der Waals surface area contributed by atoms with E-state index in [1.165, 1.54) is 6.42 Å². The predicted octanol–water partition coefficient (Wildman–Crippen LogP) is 7.30. The molecule has 3 heterocycles. The van der Waals surface area contributed by atoms with E-state index in [-0.39, 0.29) is 19.2 Å². The van der Waals surface area contributed by atoms with Gasteiger partial charge in [0.25, 0.3) is 0 Å². The third kappa shape index (κ3) is 7.32. The molecular weight excluding hydrogens is 635 g/mol. The van der Waals surface area contributed by atoms with Gasteiger partial charge in [0.05, 0.1) is 25.5 Å². The van der Waals surface area contributed by atoms with Gasteiger partial charge < -0.3 is 24.2 Å². The summed E-state index contributed by atoms with van der Waals surface area (Å²) in [5, 5.41) is 4.56. The summed E-state index contributed by atoms with van der Waals surface area (Å²) in [7, 11) is 0. The lowest BCUT2D eigenvalue weighted by Gasteiger charge is -2.37. The van der Waals surface area contributed by atoms with Crippen molar-refractivity contribution < 1.29 is 32.2 Å². The van der Waals surface area contributed by atoms with E-state index in [0.29, 0.717) is 63.1 Å². The van der Waals surface area contributed by atoms with Crippen LogP contribution >= 0.6 is 11.6 Å². The van der Waals surface area contributed by atoms with Gasteiger partial charge in [0.1, 0.15) is 5.56 Å². The molecule has 47 heavy (non-hydrogen) atoms. The minimum Gasteiger partial charge on any atom is -0.462 e. The molecule has 0 N–H and O–H groups in total. The molecule has 3 aromatic rings. The van der Waals surface area contributed by atoms with Crippen molar-refractivity contribution in [3.63, 3.8) is 0 Å². The SMILES string of the molecule is CCOC(=O)c1cnn(C2CCCN(c3cc(Cl)ccc3-c3ccc(N4CCN(C(=O)OCC5CCC5)CC4)cc3)C2)c1C(F)(F)F. The number of rotatable bonds is 8. The van der Waals surface area contributed by atoms with Crippen molar-refractivity contribution in [2.75, 3.05) is 62.3 Å². The highest BCUT2D eigenvalue weighted by Crippen LogP contribution is 2.40. The van der Waals surface area contributed by atoms with Crippen LogP contribution in [0.4, 0.5) is 29.3 Å². The van der Waals surface area contributed by atoms with Crippen LogP contribution in [-0.4, -0.2) is 79.2 Å². The molecule has 6 rings (SSSR count). The lowest BCUT2D eigenvalue weighted by atomic mass is 9.86. The fourth-order valence-corrected chi connectivity index (χ4v) is 6.77. The number of hydrogen-bond donors (Lipinski definition) is 0. The Morgan fingerprint density at radius 1 is 0.936 bits per heavy atom. The van der Waals surface area contributed by atoms with Gasteiger partial charge in [-0.25, -0.2) is 9.59 Å². The van der Waals surface area contributed by atoms with E-state index in [1.807, 2.05) is 41.3 Å². The highest BCUT2D eigenvalue weighted by molar-refractivity contribution is 6.31. The van der Waals surface area contributed by atoms with Gasteiger partial charge >= 0.3 is 18.2 Å². The van der Waals surface area contributed by atoms with E-state index in [4.69, 9.17) is 21.1 Å². The van der Waals surface area contributed by atoms with Crippen molar-refractivity contribution in [3.8, 4) is 11.1 Å². The standard InChI is InChI=1S/C34H39ClF3N5O4/c1-2-46-32(44)29-20-39-43(31(29)34(36,37)38)27-7-4-14-42(21-27)30-19-25(35)10-13-28(30)24-8-11-26(12-9-24)40-15-17-41(18-16-40)33(45)47-22-23-5-3-6-23/h8-13,19-20,23,27H,2-7,14-18,21-22H2,1H3. The Balaban J connectivity index is 1.16. The predicted molar refractivity (Wildman–Crippen MR) is 173 cm³/mol. The van der Waals surface area contributed by atoms with Crippen molar-refractivity contribution in [3.05, 3.63) is 64.9 Å². The zero-order valence-corrected chi connectivity index (χ0v) is 27.1. The first-order valence-corrected chi connectivity index (χ1v) is 16.6. The fraction of sp³-hybridized carbons (Fsp3) is 0.500. The number of hydrogen-bond acceptors (Lipinski definition) is 7. The van der Waals surface area contributed by atoms with Crippen molar-refractivity contribution in [1.82, 2.24) is 14.7 Å². The molecule has 0 radical (unpaired) electrons. The molecule has 9 nitrogen and oxygen atoms in total. The third-order valence-electron chi connectivity index (χ3n) is 9.35. The molecule has 0 spiro atoms. The van der Waals surface area contributed by atoms with Crippen molar-refractivity contribution in [2.45, 2.75) is 51.2 Å². The Morgan fingerprint density at radius 3 is 2.34 bits per heavy atom. The first kappa shape index (κ1) is 33.0. The minimum atomic E-state index is -4.78. The number of carbonyl (C=O) groups is 2. The first-order valence-electron chi connectivity index (χ1n) is 16.3. The summed E-state index contributed by atoms with van der Waals surface area (Å²) in [4.78, 5) is 30.9. The monoisotopic (exact) mass is 673 g/mol. The molecule has 2 aromatic carbocycles. The Bertz CT molecular complexity index is 1570. The maximum Gasteiger partial charge on any atom is 0.433 e. The largest absolute Gasteiger partial charge is 0.462 e. The lowest BCUT2D eigenvalue weighted by molar-refractivity contribution is -0.145. The summed E-state index contributed by atoms with van der Waals surface area (Å²) in [5.74, 6) is -0.524. The molecule has 3 aliphatic rings. The smallest absolute Gasteiger partial charge is 0.433 e. The summed E-state index contributed by atoms with van der Waals surface area (Å²) in [6.45, 7) is 5.49. The molecule has 1 saturated carbocycles. The van der Waals surface area contributed by atoms with E-state index in [0.717, 1.165) is 46.2 Å². The zero-order valence-electron chi connectivity index (χ0n) is 26.3. The molecule has 13 heteroatoms. The molecule has 1 unspecified atom stereocenters. The van der Waals surface area contributed by atoms with Crippen LogP contribution in [0.3, 0.4) is 0 Å². The van der Waals surface area contributed by atoms with E-state index < -0.39 is 29.4 Å². The van der Waals surface area contributed by atoms with Crippen molar-refractivity contribution >= 4 is 35.0 Å². The molecule has 1 aliphatic carbocycles. The average Bonchev–Trinajstić information content (AvgIpc) is 3.51. The lowest BCUT2D eigenvalue weighted by Crippen LogP contribution is -2.49. The second kappa shape index (κ2) is 14.0. The molecule has 1 aromatic heterocycles. The number of piperidine rings is 1. The molecule has 252 valence electrons. The summed E-state index contributed by atoms with van der Waals surface area (Å²) >= 11 is 6.45. The molecular formula is C34H39ClF3N5O4. The van der Waals surface area contributed by atoms with E-state index in [9.17, 15) is 22.8 Å². The van der Waals surface area contributed by atoms with Crippen LogP contribution in [0, 0.1) is 5.92 Å². The number of anilines is 2. The Kier molecular flexibility index (Phi) is 9.86. The van der Waals surface area contributed by atoms with Gasteiger partial charge in [0.2, 0.25) is 0 Å². The second-order valence-electron chi connectivity index (χ2n) is 12.4. The van der Waals surface area contributed by atoms with Crippen LogP contribution in [0.15, 0.2) is 48.7 Å². The van der Waals surface area contributed by atoms with E-state index in [2.05, 4.69) is 10.00 Å². The Labute approximate surface area is 277 Å². The summed E-state index contributed by atoms with van der Waals surface area (Å²) in [6, 6.07) is 13.1. The number of benzene rings is 2. The zero-order chi connectivity index (χ0) is 33.1. The van der Waals surface area contributed by atoms with E-state index >= 15 is 0 Å². The highest BCUT2D eigenvalue weighted by Gasteiger charge is 2.42. The number of alkyl halides is 3. The fourth-order valence-electron chi connectivity index (χ4n) is 6.60. The quantitative estimate of drug-likeness (QED) is 0.232. The Morgan fingerprint density at radius 2 is 1.68 bits per heavy atom. The number of nitrogens with zero attached hydrogens (tertiary/aromatic N) is 5. The maximum absolute atomic E-state index is 14.2. The van der Waals surface area contributed by atoms with Gasteiger partial charge in [0, 0.05) is 61.2 Å². The van der Waals surface area contributed by atoms with Crippen LogP contribution in [0.1, 0.15) is 61.1 Å². The van der Waals surface area contributed by atoms with Crippen molar-refractivity contribution in [2.24, 2.45) is 5.92 Å². The number of piperazine rings is 1. The van der Waals surface area contributed by atoms with E-state index in [1.54, 1.807) is 17.9 Å². The summed E-state index contributed by atoms with van der Waals surface area (Å²) in [6.07, 6.45) is 0.533. The maximum atomic E-state index is 14.2. The molecule has 1 amide bonds. The topological polar surface area (TPSA) is 80.1 Å². The van der Waals surface area contributed by atoms with Crippen LogP contribution in [0.25, 0.3) is 11.1 Å². The van der Waals surface area contributed by atoms with Gasteiger partial charge in [-0.15, -0.1) is 0 Å². The summed E-state index contributed by atoms with van der Waals surface area (Å²) in [5.41, 5.74) is 2.04. The number of ether oxygens (including phenoxy) is 2. The van der Waals surface area contributed by atoms with Crippen LogP contribution < -0.4 is 9.80 Å². The number of amides is 1. The number of carbonyl (C=O) groups excluding carboxylic acids is 2. The average molecular weight is 674 g/mol. The van der Waals surface area contributed by atoms with Crippen LogP contribution in [0.5, 0.6) is 0 Å². The minimum absolute atomic E-state index is 0.0373. The van der Waals surface area contributed by atoms with Gasteiger partial charge in [-0.05, 0) is 68.4 Å². The molecule has 2 saturated heterocycles. The third-order valence-corrected chi connectivity index (χ3v) is 9.59. The normalized spacial score (nSPS) is 19.0. The molecule has 3 fully saturated rings. The first-order chi connectivity index (χ1) is 22.6. The van der Waals surface area contributed by atoms with Gasteiger partial charge in [-0.3, -0.25) is 4.68 Å². The number of aromatic nitrogens is 2. The van der Waals surface area contributed by atoms with Gasteiger partial charge in [-0.1, -0.05) is 36.2 Å². The number of esters is 1. The van der Waals surface area contributed by atoms with Gasteiger partial charge in [-0.2, -0.15) is 18.3 Å². The Hall–Kier alpha value is -3.93. The van der Waals surface area contributed by atoms with Crippen LogP contribution in [-0.2, 0) is 15.7 Å². The second-order valence-corrected chi connectivity index (χ2v) is 12.8. The number of halogens is 4. The molecule has 1 atom stereocenters. The summed E-state index contributed by atoms with van der Waals surface area (Å²) < 4.78 is 54.0. The van der Waals surface area contributed by atoms with Crippen molar-refractivity contribution in [1.29, 1.82) is 0 Å². The van der Waals surface area contributed by atoms with Gasteiger partial charge in [0.15, 0.2) is 5.69 Å². The highest BCUT2D eigenvalue weighted by atomic mass is 35.5. The van der Waals surface area contributed by atoms with Crippen LogP contribution in [0.2, 0.25) is 5.02 Å².